The Morgan fingerprint density at radius 2 is 1.96 bits per heavy atom. The highest BCUT2D eigenvalue weighted by Gasteiger charge is 2.42. The lowest BCUT2D eigenvalue weighted by Gasteiger charge is -2.17. The molecule has 8 nitrogen and oxygen atoms in total. The summed E-state index contributed by atoms with van der Waals surface area (Å²) in [4.78, 5) is 12.6. The van der Waals surface area contributed by atoms with E-state index >= 15 is 0 Å². The maximum atomic E-state index is 11.1. The first-order chi connectivity index (χ1) is 12.0. The number of fused-ring (bicyclic) bond motifs is 1. The maximum Gasteiger partial charge on any atom is 0.407 e. The molecule has 0 unspecified atom stereocenters. The van der Waals surface area contributed by atoms with Crippen molar-refractivity contribution in [3.8, 4) is 11.4 Å². The van der Waals surface area contributed by atoms with Crippen molar-refractivity contribution in [2.75, 3.05) is 18.4 Å². The predicted molar refractivity (Wildman–Crippen MR) is 92.2 cm³/mol. The molecule has 1 saturated carbocycles. The number of carboxylic acid groups (broad SMARTS) is 1. The van der Waals surface area contributed by atoms with E-state index in [1.165, 1.54) is 4.90 Å². The molecule has 2 aromatic rings. The third kappa shape index (κ3) is 2.92. The van der Waals surface area contributed by atoms with Crippen molar-refractivity contribution in [2.24, 2.45) is 18.9 Å². The molecule has 2 aromatic heterocycles. The molecule has 2 fully saturated rings. The summed E-state index contributed by atoms with van der Waals surface area (Å²) in [5.74, 6) is 1.68. The van der Waals surface area contributed by atoms with Crippen LogP contribution in [-0.2, 0) is 7.05 Å². The van der Waals surface area contributed by atoms with E-state index in [9.17, 15) is 4.79 Å². The summed E-state index contributed by atoms with van der Waals surface area (Å²) in [6.07, 6.45) is 2.99. The van der Waals surface area contributed by atoms with Crippen LogP contribution in [0.15, 0.2) is 18.3 Å². The van der Waals surface area contributed by atoms with Crippen LogP contribution in [0.1, 0.15) is 18.4 Å². The molecule has 0 spiro atoms. The van der Waals surface area contributed by atoms with Crippen LogP contribution < -0.4 is 5.32 Å². The fraction of sp³-hybridized carbons (Fsp3) is 0.529. The summed E-state index contributed by atoms with van der Waals surface area (Å²) in [5, 5.41) is 25.4. The molecule has 3 heterocycles. The number of aryl methyl sites for hydroxylation is 2. The number of nitrogens with one attached hydrogen (secondary N) is 1. The third-order valence-electron chi connectivity index (χ3n) is 5.40. The molecule has 25 heavy (non-hydrogen) atoms. The Balaban J connectivity index is 1.39. The smallest absolute Gasteiger partial charge is 0.407 e. The van der Waals surface area contributed by atoms with Crippen molar-refractivity contribution >= 4 is 11.9 Å². The van der Waals surface area contributed by atoms with Gasteiger partial charge in [-0.1, -0.05) is 0 Å². The highest BCUT2D eigenvalue weighted by molar-refractivity contribution is 5.65. The van der Waals surface area contributed by atoms with Gasteiger partial charge in [0.15, 0.2) is 0 Å². The van der Waals surface area contributed by atoms with Crippen molar-refractivity contribution in [1.82, 2.24) is 24.9 Å². The largest absolute Gasteiger partial charge is 0.465 e. The number of rotatable bonds is 3. The molecule has 132 valence electrons. The summed E-state index contributed by atoms with van der Waals surface area (Å²) in [6.45, 7) is 3.32. The normalized spacial score (nSPS) is 25.2. The van der Waals surface area contributed by atoms with Crippen molar-refractivity contribution < 1.29 is 9.90 Å². The average molecular weight is 342 g/mol. The zero-order chi connectivity index (χ0) is 17.6. The molecule has 3 atom stereocenters. The van der Waals surface area contributed by atoms with Crippen molar-refractivity contribution in [2.45, 2.75) is 25.8 Å². The Bertz CT molecular complexity index is 753. The number of likely N-dealkylation sites (tertiary alicyclic amines) is 1. The van der Waals surface area contributed by atoms with E-state index in [1.54, 1.807) is 4.68 Å². The second-order valence-electron chi connectivity index (χ2n) is 7.12. The Morgan fingerprint density at radius 3 is 2.48 bits per heavy atom. The lowest BCUT2D eigenvalue weighted by Crippen LogP contribution is -2.29. The molecule has 4 rings (SSSR count). The molecular weight excluding hydrogens is 320 g/mol. The Labute approximate surface area is 145 Å². The fourth-order valence-electron chi connectivity index (χ4n) is 4.23. The number of nitrogens with zero attached hydrogens (tertiary/aromatic N) is 5. The molecule has 0 bridgehead atoms. The molecule has 2 aliphatic rings. The maximum absolute atomic E-state index is 11.1. The molecule has 0 radical (unpaired) electrons. The summed E-state index contributed by atoms with van der Waals surface area (Å²) in [5.41, 5.74) is 2.86. The third-order valence-corrected chi connectivity index (χ3v) is 5.40. The average Bonchev–Trinajstić information content (AvgIpc) is 3.22. The lowest BCUT2D eigenvalue weighted by atomic mass is 10.0. The molecule has 1 aliphatic carbocycles. The first-order valence-corrected chi connectivity index (χ1v) is 8.58. The number of carbonyl (C=O) groups is 1. The minimum absolute atomic E-state index is 0.338. The number of aromatic nitrogens is 4. The second kappa shape index (κ2) is 6.02. The van der Waals surface area contributed by atoms with E-state index in [0.29, 0.717) is 31.0 Å². The second-order valence-corrected chi connectivity index (χ2v) is 7.12. The summed E-state index contributed by atoms with van der Waals surface area (Å²) >= 11 is 0. The quantitative estimate of drug-likeness (QED) is 0.885. The first-order valence-electron chi connectivity index (χ1n) is 8.58. The summed E-state index contributed by atoms with van der Waals surface area (Å²) in [6, 6.07) is 4.25. The van der Waals surface area contributed by atoms with Crippen molar-refractivity contribution in [3.05, 3.63) is 23.9 Å². The lowest BCUT2D eigenvalue weighted by molar-refractivity contribution is 0.152. The van der Waals surface area contributed by atoms with Crippen LogP contribution in [0.2, 0.25) is 0 Å². The van der Waals surface area contributed by atoms with E-state index in [1.807, 2.05) is 32.3 Å². The highest BCUT2D eigenvalue weighted by Crippen LogP contribution is 2.39. The molecule has 2 N–H and O–H groups in total. The standard InChI is InChI=1S/C17H22N6O2/c1-10-7-18-22(2)16(10)14-3-4-15(21-20-14)19-13-5-11-8-23(17(24)25)9-12(11)6-13/h3-4,7,11-13H,5-6,8-9H2,1-2H3,(H,19,21)(H,24,25)/t11-,12+,13-. The van der Waals surface area contributed by atoms with E-state index in [-0.39, 0.29) is 0 Å². The van der Waals surface area contributed by atoms with Crippen LogP contribution in [-0.4, -0.2) is 55.2 Å². The van der Waals surface area contributed by atoms with Crippen LogP contribution in [0.25, 0.3) is 11.4 Å². The zero-order valence-corrected chi connectivity index (χ0v) is 14.4. The van der Waals surface area contributed by atoms with Gasteiger partial charge < -0.3 is 15.3 Å². The van der Waals surface area contributed by atoms with Gasteiger partial charge in [0.25, 0.3) is 0 Å². The van der Waals surface area contributed by atoms with Crippen LogP contribution in [0.5, 0.6) is 0 Å². The summed E-state index contributed by atoms with van der Waals surface area (Å²) in [7, 11) is 1.90. The van der Waals surface area contributed by atoms with E-state index in [0.717, 1.165) is 35.6 Å². The molecule has 1 amide bonds. The van der Waals surface area contributed by atoms with Gasteiger partial charge in [-0.15, -0.1) is 10.2 Å². The van der Waals surface area contributed by atoms with Crippen molar-refractivity contribution in [1.29, 1.82) is 0 Å². The van der Waals surface area contributed by atoms with Crippen LogP contribution in [0.3, 0.4) is 0 Å². The van der Waals surface area contributed by atoms with Gasteiger partial charge in [-0.2, -0.15) is 5.10 Å². The molecule has 8 heteroatoms. The number of anilines is 1. The minimum Gasteiger partial charge on any atom is -0.465 e. The molecule has 1 saturated heterocycles. The van der Waals surface area contributed by atoms with Gasteiger partial charge in [-0.3, -0.25) is 4.68 Å². The van der Waals surface area contributed by atoms with Gasteiger partial charge in [-0.25, -0.2) is 4.79 Å². The van der Waals surface area contributed by atoms with Gasteiger partial charge in [0.1, 0.15) is 11.5 Å². The minimum atomic E-state index is -0.800. The number of amides is 1. The van der Waals surface area contributed by atoms with E-state index < -0.39 is 6.09 Å². The summed E-state index contributed by atoms with van der Waals surface area (Å²) < 4.78 is 1.80. The highest BCUT2D eigenvalue weighted by atomic mass is 16.4. The van der Waals surface area contributed by atoms with Gasteiger partial charge in [0.2, 0.25) is 0 Å². The molecule has 1 aliphatic heterocycles. The number of hydrogen-bond donors (Lipinski definition) is 2. The Morgan fingerprint density at radius 1 is 1.24 bits per heavy atom. The fourth-order valence-corrected chi connectivity index (χ4v) is 4.23. The SMILES string of the molecule is Cc1cnn(C)c1-c1ccc(N[C@@H]2C[C@@H]3CN(C(=O)O)C[C@@H]3C2)nn1. The molecule has 0 aromatic carbocycles. The molecular formula is C17H22N6O2. The predicted octanol–water partition coefficient (Wildman–Crippen LogP) is 1.99. The van der Waals surface area contributed by atoms with Gasteiger partial charge >= 0.3 is 6.09 Å². The van der Waals surface area contributed by atoms with Crippen molar-refractivity contribution in [3.63, 3.8) is 0 Å². The number of hydrogen-bond acceptors (Lipinski definition) is 5. The van der Waals surface area contributed by atoms with E-state index in [2.05, 4.69) is 20.6 Å². The Hall–Kier alpha value is -2.64. The van der Waals surface area contributed by atoms with Gasteiger partial charge in [0.05, 0.1) is 11.9 Å². The topological polar surface area (TPSA) is 96.2 Å². The van der Waals surface area contributed by atoms with Crippen LogP contribution in [0.4, 0.5) is 10.6 Å². The first kappa shape index (κ1) is 15.9. The van der Waals surface area contributed by atoms with Gasteiger partial charge in [-0.05, 0) is 49.3 Å². The van der Waals surface area contributed by atoms with Crippen LogP contribution in [0, 0.1) is 18.8 Å². The van der Waals surface area contributed by atoms with E-state index in [4.69, 9.17) is 5.11 Å². The van der Waals surface area contributed by atoms with Crippen LogP contribution >= 0.6 is 0 Å². The Kier molecular flexibility index (Phi) is 3.82. The monoisotopic (exact) mass is 342 g/mol. The van der Waals surface area contributed by atoms with Gasteiger partial charge in [0, 0.05) is 26.2 Å². The zero-order valence-electron chi connectivity index (χ0n) is 14.4.